The summed E-state index contributed by atoms with van der Waals surface area (Å²) in [7, 11) is 0.589. The van der Waals surface area contributed by atoms with Crippen LogP contribution in [0.5, 0.6) is 11.5 Å². The van der Waals surface area contributed by atoms with E-state index in [2.05, 4.69) is 5.32 Å². The SMILES string of the molecule is COc1ccc(OC)c(NC(=O)c2cc3cc(N(C)S(=O)(=O)c4ccc(F)cc4)ccc3s2)c1. The Kier molecular flexibility index (Phi) is 6.45. The molecule has 0 spiro atoms. The van der Waals surface area contributed by atoms with Gasteiger partial charge in [0.2, 0.25) is 0 Å². The Morgan fingerprint density at radius 3 is 2.38 bits per heavy atom. The number of nitrogens with one attached hydrogen (secondary N) is 1. The van der Waals surface area contributed by atoms with Crippen LogP contribution >= 0.6 is 11.3 Å². The number of halogens is 1. The van der Waals surface area contributed by atoms with Gasteiger partial charge in [-0.25, -0.2) is 12.8 Å². The van der Waals surface area contributed by atoms with Gasteiger partial charge in [-0.15, -0.1) is 11.3 Å². The zero-order chi connectivity index (χ0) is 24.5. The highest BCUT2D eigenvalue weighted by Gasteiger charge is 2.22. The number of nitrogens with zero attached hydrogens (tertiary/aromatic N) is 1. The van der Waals surface area contributed by atoms with E-state index in [9.17, 15) is 17.6 Å². The van der Waals surface area contributed by atoms with Gasteiger partial charge in [0, 0.05) is 17.8 Å². The van der Waals surface area contributed by atoms with E-state index in [1.54, 1.807) is 42.5 Å². The predicted octanol–water partition coefficient (Wildman–Crippen LogP) is 5.14. The molecule has 1 heterocycles. The summed E-state index contributed by atoms with van der Waals surface area (Å²) in [5.41, 5.74) is 0.881. The van der Waals surface area contributed by atoms with Crippen LogP contribution in [0.4, 0.5) is 15.8 Å². The summed E-state index contributed by atoms with van der Waals surface area (Å²) in [4.78, 5) is 13.3. The lowest BCUT2D eigenvalue weighted by molar-refractivity contribution is 0.103. The fourth-order valence-corrected chi connectivity index (χ4v) is 5.46. The van der Waals surface area contributed by atoms with Crippen molar-refractivity contribution in [3.8, 4) is 11.5 Å². The van der Waals surface area contributed by atoms with Gasteiger partial charge in [0.05, 0.1) is 35.4 Å². The fraction of sp³-hybridized carbons (Fsp3) is 0.125. The average Bonchev–Trinajstić information content (AvgIpc) is 3.27. The molecule has 1 amide bonds. The van der Waals surface area contributed by atoms with Crippen LogP contribution in [-0.4, -0.2) is 35.6 Å². The lowest BCUT2D eigenvalue weighted by Gasteiger charge is -2.19. The number of benzene rings is 3. The summed E-state index contributed by atoms with van der Waals surface area (Å²) in [6.07, 6.45) is 0. The van der Waals surface area contributed by atoms with Gasteiger partial charge in [-0.1, -0.05) is 0 Å². The number of ether oxygens (including phenoxy) is 2. The van der Waals surface area contributed by atoms with E-state index in [1.807, 2.05) is 0 Å². The number of amides is 1. The van der Waals surface area contributed by atoms with Crippen LogP contribution in [0.25, 0.3) is 10.1 Å². The third-order valence-corrected chi connectivity index (χ3v) is 8.13. The molecule has 1 N–H and O–H groups in total. The molecule has 0 saturated carbocycles. The molecule has 4 aromatic rings. The minimum atomic E-state index is -3.88. The highest BCUT2D eigenvalue weighted by atomic mass is 32.2. The largest absolute Gasteiger partial charge is 0.497 e. The third-order valence-electron chi connectivity index (χ3n) is 5.21. The molecule has 0 bridgehead atoms. The van der Waals surface area contributed by atoms with Crippen molar-refractivity contribution < 1.29 is 27.1 Å². The topological polar surface area (TPSA) is 84.9 Å². The van der Waals surface area contributed by atoms with Gasteiger partial charge in [0.1, 0.15) is 17.3 Å². The van der Waals surface area contributed by atoms with Gasteiger partial charge in [-0.2, -0.15) is 0 Å². The van der Waals surface area contributed by atoms with Crippen LogP contribution < -0.4 is 19.1 Å². The molecule has 10 heteroatoms. The zero-order valence-electron chi connectivity index (χ0n) is 18.5. The highest BCUT2D eigenvalue weighted by Crippen LogP contribution is 2.33. The summed E-state index contributed by atoms with van der Waals surface area (Å²) in [5, 5.41) is 3.54. The van der Waals surface area contributed by atoms with Crippen molar-refractivity contribution >= 4 is 48.7 Å². The second-order valence-corrected chi connectivity index (χ2v) is 10.3. The molecule has 3 aromatic carbocycles. The number of fused-ring (bicyclic) bond motifs is 1. The van der Waals surface area contributed by atoms with E-state index < -0.39 is 15.8 Å². The smallest absolute Gasteiger partial charge is 0.265 e. The van der Waals surface area contributed by atoms with Gasteiger partial charge in [0.15, 0.2) is 0 Å². The molecule has 176 valence electrons. The Bertz CT molecular complexity index is 1470. The summed E-state index contributed by atoms with van der Waals surface area (Å²) in [6.45, 7) is 0. The molecule has 0 aliphatic rings. The second-order valence-electron chi connectivity index (χ2n) is 7.28. The normalized spacial score (nSPS) is 11.3. The first-order valence-electron chi connectivity index (χ1n) is 10.0. The van der Waals surface area contributed by atoms with Crippen molar-refractivity contribution in [3.63, 3.8) is 0 Å². The highest BCUT2D eigenvalue weighted by molar-refractivity contribution is 7.92. The Hall–Kier alpha value is -3.63. The molecule has 0 aliphatic heterocycles. The third kappa shape index (κ3) is 4.55. The van der Waals surface area contributed by atoms with Gasteiger partial charge >= 0.3 is 0 Å². The van der Waals surface area contributed by atoms with E-state index in [-0.39, 0.29) is 10.8 Å². The maximum Gasteiger partial charge on any atom is 0.265 e. The second kappa shape index (κ2) is 9.32. The number of hydrogen-bond acceptors (Lipinski definition) is 6. The molecular weight excluding hydrogens is 479 g/mol. The number of anilines is 2. The van der Waals surface area contributed by atoms with E-state index in [0.717, 1.165) is 21.1 Å². The Morgan fingerprint density at radius 1 is 0.971 bits per heavy atom. The van der Waals surface area contributed by atoms with Crippen LogP contribution in [0.3, 0.4) is 0 Å². The van der Waals surface area contributed by atoms with E-state index >= 15 is 0 Å². The molecule has 0 unspecified atom stereocenters. The Balaban J connectivity index is 1.61. The van der Waals surface area contributed by atoms with Crippen LogP contribution in [-0.2, 0) is 10.0 Å². The Labute approximate surface area is 200 Å². The molecule has 0 saturated heterocycles. The van der Waals surface area contributed by atoms with Crippen LogP contribution in [0, 0.1) is 5.82 Å². The molecule has 0 aliphatic carbocycles. The molecular formula is C24H21FN2O5S2. The van der Waals surface area contributed by atoms with E-state index in [4.69, 9.17) is 9.47 Å². The fourth-order valence-electron chi connectivity index (χ4n) is 3.34. The number of rotatable bonds is 7. The van der Waals surface area contributed by atoms with Crippen molar-refractivity contribution in [1.29, 1.82) is 0 Å². The molecule has 0 atom stereocenters. The standard InChI is InChI=1S/C24H21FN2O5S2/c1-27(34(29,30)19-8-4-16(25)5-9-19)17-6-11-22-15(12-17)13-23(33-22)24(28)26-20-14-18(31-2)7-10-21(20)32-3/h4-14H,1-3H3,(H,26,28). The molecule has 0 radical (unpaired) electrons. The van der Waals surface area contributed by atoms with Crippen molar-refractivity contribution in [1.82, 2.24) is 0 Å². The van der Waals surface area contributed by atoms with E-state index in [0.29, 0.717) is 33.1 Å². The molecule has 34 heavy (non-hydrogen) atoms. The minimum absolute atomic E-state index is 0.0193. The first-order chi connectivity index (χ1) is 16.2. The summed E-state index contributed by atoms with van der Waals surface area (Å²) in [5.74, 6) is 0.216. The predicted molar refractivity (Wildman–Crippen MR) is 131 cm³/mol. The lowest BCUT2D eigenvalue weighted by Crippen LogP contribution is -2.26. The first-order valence-corrected chi connectivity index (χ1v) is 12.3. The number of carbonyl (C=O) groups excluding carboxylic acids is 1. The molecule has 0 fully saturated rings. The quantitative estimate of drug-likeness (QED) is 0.380. The van der Waals surface area contributed by atoms with Crippen molar-refractivity contribution in [2.45, 2.75) is 4.90 Å². The first kappa shape index (κ1) is 23.5. The average molecular weight is 501 g/mol. The van der Waals surface area contributed by atoms with Crippen molar-refractivity contribution in [2.24, 2.45) is 0 Å². The summed E-state index contributed by atoms with van der Waals surface area (Å²) >= 11 is 1.28. The molecule has 7 nitrogen and oxygen atoms in total. The maximum atomic E-state index is 13.2. The van der Waals surface area contributed by atoms with Gasteiger partial charge < -0.3 is 14.8 Å². The maximum absolute atomic E-state index is 13.2. The molecule has 1 aromatic heterocycles. The Morgan fingerprint density at radius 2 is 1.71 bits per heavy atom. The minimum Gasteiger partial charge on any atom is -0.497 e. The van der Waals surface area contributed by atoms with Crippen LogP contribution in [0.1, 0.15) is 9.67 Å². The van der Waals surface area contributed by atoms with Gasteiger partial charge in [-0.05, 0) is 66.0 Å². The van der Waals surface area contributed by atoms with Crippen LogP contribution in [0.2, 0.25) is 0 Å². The van der Waals surface area contributed by atoms with E-state index in [1.165, 1.54) is 44.7 Å². The van der Waals surface area contributed by atoms with Gasteiger partial charge in [0.25, 0.3) is 15.9 Å². The van der Waals surface area contributed by atoms with Gasteiger partial charge in [-0.3, -0.25) is 9.10 Å². The number of hydrogen-bond donors (Lipinski definition) is 1. The number of sulfonamides is 1. The zero-order valence-corrected chi connectivity index (χ0v) is 20.2. The lowest BCUT2D eigenvalue weighted by atomic mass is 10.2. The summed E-state index contributed by atoms with van der Waals surface area (Å²) < 4.78 is 51.5. The number of methoxy groups -OCH3 is 2. The van der Waals surface area contributed by atoms with Crippen molar-refractivity contribution in [2.75, 3.05) is 30.9 Å². The van der Waals surface area contributed by atoms with Crippen LogP contribution in [0.15, 0.2) is 71.6 Å². The molecule has 4 rings (SSSR count). The number of carbonyl (C=O) groups is 1. The number of thiophene rings is 1. The van der Waals surface area contributed by atoms with Crippen molar-refractivity contribution in [3.05, 3.63) is 77.4 Å². The summed E-state index contributed by atoms with van der Waals surface area (Å²) in [6, 6.07) is 16.5. The monoisotopic (exact) mass is 500 g/mol.